The molecule has 1 fully saturated rings. The van der Waals surface area contributed by atoms with Crippen molar-refractivity contribution in [3.05, 3.63) is 46.7 Å². The lowest BCUT2D eigenvalue weighted by Crippen LogP contribution is -2.08. The van der Waals surface area contributed by atoms with Gasteiger partial charge in [0, 0.05) is 18.7 Å². The molecule has 3 rings (SSSR count). The average molecular weight is 390 g/mol. The third-order valence-corrected chi connectivity index (χ3v) is 4.93. The smallest absolute Gasteiger partial charge is 0.303 e. The number of aliphatic carboxylic acids is 1. The molecule has 0 amide bonds. The molecule has 6 nitrogen and oxygen atoms in total. The van der Waals surface area contributed by atoms with Gasteiger partial charge in [0.05, 0.1) is 23.0 Å². The Hall–Kier alpha value is -2.18. The van der Waals surface area contributed by atoms with E-state index in [9.17, 15) is 4.79 Å². The quantitative estimate of drug-likeness (QED) is 0.661. The summed E-state index contributed by atoms with van der Waals surface area (Å²) in [6, 6.07) is 7.86. The molecule has 1 aromatic heterocycles. The fraction of sp³-hybridized carbons (Fsp3) is 0.450. The van der Waals surface area contributed by atoms with Crippen LogP contribution in [0.3, 0.4) is 0 Å². The Kier molecular flexibility index (Phi) is 7.01. The molecule has 1 atom stereocenters. The van der Waals surface area contributed by atoms with Gasteiger partial charge in [0.15, 0.2) is 0 Å². The van der Waals surface area contributed by atoms with Crippen LogP contribution in [0.5, 0.6) is 0 Å². The molecule has 1 saturated heterocycles. The second-order valence-corrected chi connectivity index (χ2v) is 7.14. The number of nitrogens with zero attached hydrogens (tertiary/aromatic N) is 2. The summed E-state index contributed by atoms with van der Waals surface area (Å²) in [5.74, 6) is -0.246. The lowest BCUT2D eigenvalue weighted by molar-refractivity contribution is -0.137. The highest BCUT2D eigenvalue weighted by Gasteiger charge is 2.16. The molecular weight excluding hydrogens is 366 g/mol. The molecular formula is C20H24ClN3O3. The molecule has 1 aromatic carbocycles. The van der Waals surface area contributed by atoms with Crippen molar-refractivity contribution in [1.29, 1.82) is 0 Å². The number of nitrogens with one attached hydrogen (secondary N) is 1. The minimum absolute atomic E-state index is 0.188. The number of aryl methyl sites for hydroxylation is 2. The van der Waals surface area contributed by atoms with Crippen molar-refractivity contribution >= 4 is 29.2 Å². The molecule has 1 aliphatic heterocycles. The van der Waals surface area contributed by atoms with Gasteiger partial charge in [-0.2, -0.15) is 0 Å². The molecule has 27 heavy (non-hydrogen) atoms. The van der Waals surface area contributed by atoms with E-state index in [-0.39, 0.29) is 6.42 Å². The molecule has 2 N–H and O–H groups in total. The molecule has 2 aromatic rings. The van der Waals surface area contributed by atoms with Gasteiger partial charge >= 0.3 is 5.97 Å². The second-order valence-electron chi connectivity index (χ2n) is 6.73. The van der Waals surface area contributed by atoms with Crippen molar-refractivity contribution in [3.8, 4) is 0 Å². The van der Waals surface area contributed by atoms with Crippen molar-refractivity contribution in [2.75, 3.05) is 11.9 Å². The summed E-state index contributed by atoms with van der Waals surface area (Å²) in [5.41, 5.74) is 2.82. The molecule has 2 heterocycles. The van der Waals surface area contributed by atoms with Gasteiger partial charge in [0.1, 0.15) is 0 Å². The van der Waals surface area contributed by atoms with Crippen LogP contribution in [0.2, 0.25) is 5.02 Å². The number of carbonyl (C=O) groups is 1. The summed E-state index contributed by atoms with van der Waals surface area (Å²) in [5, 5.41) is 12.5. The Balaban J connectivity index is 1.56. The predicted octanol–water partition coefficient (Wildman–Crippen LogP) is 4.39. The maximum atomic E-state index is 10.6. The van der Waals surface area contributed by atoms with E-state index in [1.807, 2.05) is 24.3 Å². The van der Waals surface area contributed by atoms with Crippen LogP contribution in [0.4, 0.5) is 11.6 Å². The number of hydrogen-bond donors (Lipinski definition) is 2. The first-order chi connectivity index (χ1) is 13.1. The Morgan fingerprint density at radius 2 is 2.11 bits per heavy atom. The van der Waals surface area contributed by atoms with Crippen molar-refractivity contribution < 1.29 is 14.6 Å². The fourth-order valence-electron chi connectivity index (χ4n) is 3.14. The van der Waals surface area contributed by atoms with E-state index < -0.39 is 5.97 Å². The Bertz CT molecular complexity index is 762. The van der Waals surface area contributed by atoms with Crippen LogP contribution in [0.25, 0.3) is 0 Å². The SMILES string of the molecule is O=C(O)CCCc1ccc(Nc2ncc(Cl)c(CCC3CCCO3)n2)cc1. The summed E-state index contributed by atoms with van der Waals surface area (Å²) in [4.78, 5) is 19.4. The maximum Gasteiger partial charge on any atom is 0.303 e. The lowest BCUT2D eigenvalue weighted by Gasteiger charge is -2.11. The van der Waals surface area contributed by atoms with E-state index in [2.05, 4.69) is 15.3 Å². The fourth-order valence-corrected chi connectivity index (χ4v) is 3.32. The number of rotatable bonds is 9. The molecule has 144 valence electrons. The number of aromatic nitrogens is 2. The number of anilines is 2. The number of benzene rings is 1. The van der Waals surface area contributed by atoms with Crippen LogP contribution in [0.15, 0.2) is 30.5 Å². The Morgan fingerprint density at radius 1 is 1.30 bits per heavy atom. The number of carboxylic acid groups (broad SMARTS) is 1. The van der Waals surface area contributed by atoms with E-state index in [1.165, 1.54) is 0 Å². The summed E-state index contributed by atoms with van der Waals surface area (Å²) < 4.78 is 5.66. The van der Waals surface area contributed by atoms with Gasteiger partial charge in [-0.05, 0) is 56.2 Å². The van der Waals surface area contributed by atoms with Gasteiger partial charge in [0.25, 0.3) is 0 Å². The van der Waals surface area contributed by atoms with Crippen LogP contribution in [0, 0.1) is 0 Å². The highest BCUT2D eigenvalue weighted by atomic mass is 35.5. The van der Waals surface area contributed by atoms with Crippen molar-refractivity contribution in [2.24, 2.45) is 0 Å². The zero-order valence-electron chi connectivity index (χ0n) is 15.2. The van der Waals surface area contributed by atoms with Gasteiger partial charge in [-0.15, -0.1) is 0 Å². The van der Waals surface area contributed by atoms with E-state index in [4.69, 9.17) is 21.4 Å². The van der Waals surface area contributed by atoms with Gasteiger partial charge in [-0.25, -0.2) is 9.97 Å². The zero-order chi connectivity index (χ0) is 19.1. The minimum Gasteiger partial charge on any atom is -0.481 e. The first kappa shape index (κ1) is 19.6. The third kappa shape index (κ3) is 6.19. The minimum atomic E-state index is -0.761. The first-order valence-electron chi connectivity index (χ1n) is 9.31. The number of ether oxygens (including phenoxy) is 1. The van der Waals surface area contributed by atoms with E-state index in [0.717, 1.165) is 55.7 Å². The Morgan fingerprint density at radius 3 is 2.81 bits per heavy atom. The zero-order valence-corrected chi connectivity index (χ0v) is 15.9. The predicted molar refractivity (Wildman–Crippen MR) is 105 cm³/mol. The number of carboxylic acids is 1. The second kappa shape index (κ2) is 9.67. The highest BCUT2D eigenvalue weighted by molar-refractivity contribution is 6.31. The Labute approximate surface area is 163 Å². The normalized spacial score (nSPS) is 16.4. The molecule has 0 bridgehead atoms. The summed E-state index contributed by atoms with van der Waals surface area (Å²) in [6.45, 7) is 0.848. The molecule has 0 spiro atoms. The number of halogens is 1. The number of hydrogen-bond acceptors (Lipinski definition) is 5. The van der Waals surface area contributed by atoms with Crippen molar-refractivity contribution in [1.82, 2.24) is 9.97 Å². The average Bonchev–Trinajstić information content (AvgIpc) is 3.17. The summed E-state index contributed by atoms with van der Waals surface area (Å²) >= 11 is 6.24. The maximum absolute atomic E-state index is 10.6. The summed E-state index contributed by atoms with van der Waals surface area (Å²) in [7, 11) is 0. The highest BCUT2D eigenvalue weighted by Crippen LogP contribution is 2.22. The van der Waals surface area contributed by atoms with Crippen LogP contribution in [0.1, 0.15) is 43.4 Å². The van der Waals surface area contributed by atoms with E-state index >= 15 is 0 Å². The monoisotopic (exact) mass is 389 g/mol. The van der Waals surface area contributed by atoms with Gasteiger partial charge in [0.2, 0.25) is 5.95 Å². The van der Waals surface area contributed by atoms with Crippen molar-refractivity contribution in [3.63, 3.8) is 0 Å². The standard InChI is InChI=1S/C20H24ClN3O3/c21-17-13-22-20(24-18(17)11-10-16-4-2-12-27-16)23-15-8-6-14(7-9-15)3-1-5-19(25)26/h6-9,13,16H,1-5,10-12H2,(H,25,26)(H,22,23,24). The molecule has 0 saturated carbocycles. The molecule has 0 radical (unpaired) electrons. The molecule has 0 aliphatic carbocycles. The third-order valence-electron chi connectivity index (χ3n) is 4.61. The van der Waals surface area contributed by atoms with Crippen molar-refractivity contribution in [2.45, 2.75) is 51.0 Å². The van der Waals surface area contributed by atoms with Crippen LogP contribution in [-0.4, -0.2) is 33.8 Å². The van der Waals surface area contributed by atoms with Gasteiger partial charge < -0.3 is 15.2 Å². The topological polar surface area (TPSA) is 84.3 Å². The van der Waals surface area contributed by atoms with Gasteiger partial charge in [-0.3, -0.25) is 4.79 Å². The van der Waals surface area contributed by atoms with Gasteiger partial charge in [-0.1, -0.05) is 23.7 Å². The molecule has 7 heteroatoms. The van der Waals surface area contributed by atoms with E-state index in [1.54, 1.807) is 6.20 Å². The molecule has 1 aliphatic rings. The summed E-state index contributed by atoms with van der Waals surface area (Å²) in [6.07, 6.45) is 7.42. The van der Waals surface area contributed by atoms with E-state index in [0.29, 0.717) is 23.5 Å². The van der Waals surface area contributed by atoms with Crippen LogP contribution >= 0.6 is 11.6 Å². The van der Waals surface area contributed by atoms with Crippen LogP contribution < -0.4 is 5.32 Å². The largest absolute Gasteiger partial charge is 0.481 e. The van der Waals surface area contributed by atoms with Crippen LogP contribution in [-0.2, 0) is 22.4 Å². The molecule has 1 unspecified atom stereocenters. The lowest BCUT2D eigenvalue weighted by atomic mass is 10.1. The first-order valence-corrected chi connectivity index (χ1v) is 9.69.